The van der Waals surface area contributed by atoms with Crippen molar-refractivity contribution in [3.05, 3.63) is 59.4 Å². The number of rotatable bonds is 10. The molecule has 0 atom stereocenters. The molecule has 0 unspecified atom stereocenters. The highest BCUT2D eigenvalue weighted by atomic mass is 19.1. The van der Waals surface area contributed by atoms with Gasteiger partial charge in [-0.25, -0.2) is 18.7 Å². The molecule has 0 spiro atoms. The molecule has 2 aromatic carbocycles. The summed E-state index contributed by atoms with van der Waals surface area (Å²) in [4.78, 5) is 24.8. The minimum absolute atomic E-state index is 0.0156. The van der Waals surface area contributed by atoms with Gasteiger partial charge in [-0.3, -0.25) is 4.79 Å². The van der Waals surface area contributed by atoms with Crippen LogP contribution in [0.5, 0.6) is 23.0 Å². The first kappa shape index (κ1) is 27.8. The molecule has 1 fully saturated rings. The first-order valence-electron chi connectivity index (χ1n) is 12.3. The van der Waals surface area contributed by atoms with Crippen LogP contribution in [-0.4, -0.2) is 79.7 Å². The van der Waals surface area contributed by atoms with E-state index >= 15 is 0 Å². The standard InChI is InChI=1S/C27H31F2N5O5/c1-17-11-18(5-6-21(17)39-16-24(35)34-9-7-33(2)8-10-34)32-27-30-13-19(14-31-27)38-15-20-25(28)22(36-3)12-23(37-4)26(20)29/h5-6,11-14H,7-10,15-16H2,1-4H3,(H,30,31,32). The van der Waals surface area contributed by atoms with Crippen LogP contribution < -0.4 is 24.3 Å². The van der Waals surface area contributed by atoms with Crippen molar-refractivity contribution in [2.75, 3.05) is 59.4 Å². The van der Waals surface area contributed by atoms with Crippen molar-refractivity contribution in [1.29, 1.82) is 0 Å². The van der Waals surface area contributed by atoms with Gasteiger partial charge in [0.05, 0.1) is 32.2 Å². The third-order valence-electron chi connectivity index (χ3n) is 6.31. The first-order chi connectivity index (χ1) is 18.8. The second-order valence-electron chi connectivity index (χ2n) is 9.00. The summed E-state index contributed by atoms with van der Waals surface area (Å²) in [5, 5.41) is 3.08. The van der Waals surface area contributed by atoms with Gasteiger partial charge in [-0.2, -0.15) is 0 Å². The number of anilines is 2. The lowest BCUT2D eigenvalue weighted by Crippen LogP contribution is -2.48. The van der Waals surface area contributed by atoms with Gasteiger partial charge in [0.25, 0.3) is 5.91 Å². The number of amides is 1. The van der Waals surface area contributed by atoms with Crippen LogP contribution in [-0.2, 0) is 11.4 Å². The Morgan fingerprint density at radius 3 is 2.18 bits per heavy atom. The summed E-state index contributed by atoms with van der Waals surface area (Å²) in [7, 11) is 4.59. The van der Waals surface area contributed by atoms with Crippen molar-refractivity contribution in [2.24, 2.45) is 0 Å². The fourth-order valence-electron chi connectivity index (χ4n) is 3.98. The molecule has 0 saturated carbocycles. The lowest BCUT2D eigenvalue weighted by Gasteiger charge is -2.32. The summed E-state index contributed by atoms with van der Waals surface area (Å²) in [5.74, 6) is -0.972. The maximum Gasteiger partial charge on any atom is 0.260 e. The Morgan fingerprint density at radius 1 is 0.949 bits per heavy atom. The highest BCUT2D eigenvalue weighted by Gasteiger charge is 2.21. The average Bonchev–Trinajstić information content (AvgIpc) is 2.94. The molecule has 10 nitrogen and oxygen atoms in total. The largest absolute Gasteiger partial charge is 0.494 e. The molecule has 1 saturated heterocycles. The van der Waals surface area contributed by atoms with E-state index < -0.39 is 18.2 Å². The average molecular weight is 544 g/mol. The van der Waals surface area contributed by atoms with Gasteiger partial charge in [0.1, 0.15) is 12.4 Å². The molecule has 2 heterocycles. The van der Waals surface area contributed by atoms with Gasteiger partial charge in [0, 0.05) is 37.9 Å². The molecule has 1 aromatic heterocycles. The van der Waals surface area contributed by atoms with E-state index in [1.54, 1.807) is 12.1 Å². The Balaban J connectivity index is 1.32. The van der Waals surface area contributed by atoms with Crippen LogP contribution in [0.4, 0.5) is 20.4 Å². The van der Waals surface area contributed by atoms with Crippen molar-refractivity contribution < 1.29 is 32.5 Å². The number of methoxy groups -OCH3 is 2. The number of ether oxygens (including phenoxy) is 4. The predicted molar refractivity (Wildman–Crippen MR) is 140 cm³/mol. The number of hydrogen-bond acceptors (Lipinski definition) is 9. The number of likely N-dealkylation sites (N-methyl/N-ethyl adjacent to an activating group) is 1. The molecule has 12 heteroatoms. The molecule has 4 rings (SSSR count). The van der Waals surface area contributed by atoms with Crippen LogP contribution in [0.2, 0.25) is 0 Å². The van der Waals surface area contributed by atoms with Gasteiger partial charge in [-0.15, -0.1) is 0 Å². The van der Waals surface area contributed by atoms with Crippen LogP contribution in [0.25, 0.3) is 0 Å². The van der Waals surface area contributed by atoms with Crippen LogP contribution in [0.1, 0.15) is 11.1 Å². The molecule has 39 heavy (non-hydrogen) atoms. The second kappa shape index (κ2) is 12.6. The number of benzene rings is 2. The third kappa shape index (κ3) is 6.82. The normalized spacial score (nSPS) is 13.6. The molecule has 0 bridgehead atoms. The molecule has 0 radical (unpaired) electrons. The molecule has 3 aromatic rings. The summed E-state index contributed by atoms with van der Waals surface area (Å²) in [5.41, 5.74) is 1.21. The topological polar surface area (TPSA) is 98.3 Å². The summed E-state index contributed by atoms with van der Waals surface area (Å²) in [6.07, 6.45) is 2.77. The number of halogens is 2. The van der Waals surface area contributed by atoms with Crippen molar-refractivity contribution in [3.8, 4) is 23.0 Å². The zero-order chi connectivity index (χ0) is 27.9. The number of aromatic nitrogens is 2. The number of nitrogens with one attached hydrogen (secondary N) is 1. The number of carbonyl (C=O) groups excluding carboxylic acids is 1. The van der Waals surface area contributed by atoms with E-state index in [9.17, 15) is 13.6 Å². The molecular weight excluding hydrogens is 512 g/mol. The van der Waals surface area contributed by atoms with Crippen molar-refractivity contribution in [3.63, 3.8) is 0 Å². The van der Waals surface area contributed by atoms with Gasteiger partial charge < -0.3 is 34.1 Å². The number of piperazine rings is 1. The van der Waals surface area contributed by atoms with Crippen LogP contribution in [0.15, 0.2) is 36.7 Å². The van der Waals surface area contributed by atoms with Crippen molar-refractivity contribution in [2.45, 2.75) is 13.5 Å². The molecule has 1 aliphatic heterocycles. The molecule has 1 N–H and O–H groups in total. The van der Waals surface area contributed by atoms with Gasteiger partial charge in [-0.1, -0.05) is 0 Å². The first-order valence-corrected chi connectivity index (χ1v) is 12.3. The Hall–Kier alpha value is -4.19. The summed E-state index contributed by atoms with van der Waals surface area (Å²) >= 11 is 0. The second-order valence-corrected chi connectivity index (χ2v) is 9.00. The Kier molecular flexibility index (Phi) is 8.97. The Labute approximate surface area is 225 Å². The van der Waals surface area contributed by atoms with E-state index in [0.717, 1.165) is 24.7 Å². The number of hydrogen-bond donors (Lipinski definition) is 1. The molecule has 1 aliphatic rings. The number of carbonyl (C=O) groups is 1. The van der Waals surface area contributed by atoms with E-state index in [4.69, 9.17) is 18.9 Å². The third-order valence-corrected chi connectivity index (χ3v) is 6.31. The predicted octanol–water partition coefficient (Wildman–Crippen LogP) is 3.56. The maximum atomic E-state index is 14.5. The molecule has 1 amide bonds. The van der Waals surface area contributed by atoms with Crippen molar-refractivity contribution >= 4 is 17.5 Å². The van der Waals surface area contributed by atoms with Gasteiger partial charge >= 0.3 is 0 Å². The Morgan fingerprint density at radius 2 is 1.59 bits per heavy atom. The monoisotopic (exact) mass is 543 g/mol. The Bertz CT molecular complexity index is 1270. The summed E-state index contributed by atoms with van der Waals surface area (Å²) < 4.78 is 50.2. The highest BCUT2D eigenvalue weighted by molar-refractivity contribution is 5.78. The van der Waals surface area contributed by atoms with Crippen molar-refractivity contribution in [1.82, 2.24) is 19.8 Å². The number of nitrogens with zero attached hydrogens (tertiary/aromatic N) is 4. The lowest BCUT2D eigenvalue weighted by molar-refractivity contribution is -0.134. The van der Waals surface area contributed by atoms with E-state index in [-0.39, 0.29) is 35.3 Å². The maximum absolute atomic E-state index is 14.5. The smallest absolute Gasteiger partial charge is 0.260 e. The van der Waals surface area contributed by atoms with E-state index in [1.807, 2.05) is 24.9 Å². The van der Waals surface area contributed by atoms with Gasteiger partial charge in [-0.05, 0) is 37.7 Å². The molecule has 0 aliphatic carbocycles. The minimum Gasteiger partial charge on any atom is -0.494 e. The van der Waals surface area contributed by atoms with Crippen LogP contribution in [0, 0.1) is 18.6 Å². The number of aryl methyl sites for hydroxylation is 1. The molecular formula is C27H31F2N5O5. The van der Waals surface area contributed by atoms with E-state index in [0.29, 0.717) is 30.5 Å². The summed E-state index contributed by atoms with van der Waals surface area (Å²) in [6.45, 7) is 4.56. The van der Waals surface area contributed by atoms with Gasteiger partial charge in [0.2, 0.25) is 5.95 Å². The van der Waals surface area contributed by atoms with E-state index in [1.165, 1.54) is 26.6 Å². The summed E-state index contributed by atoms with van der Waals surface area (Å²) in [6, 6.07) is 6.55. The zero-order valence-corrected chi connectivity index (χ0v) is 22.3. The highest BCUT2D eigenvalue weighted by Crippen LogP contribution is 2.32. The SMILES string of the molecule is COc1cc(OC)c(F)c(COc2cnc(Nc3ccc(OCC(=O)N4CCN(C)CC4)c(C)c3)nc2)c1F. The van der Waals surface area contributed by atoms with E-state index in [2.05, 4.69) is 20.2 Å². The van der Waals surface area contributed by atoms with Crippen LogP contribution >= 0.6 is 0 Å². The minimum atomic E-state index is -0.874. The quantitative estimate of drug-likeness (QED) is 0.412. The van der Waals surface area contributed by atoms with Crippen LogP contribution in [0.3, 0.4) is 0 Å². The fourth-order valence-corrected chi connectivity index (χ4v) is 3.98. The lowest BCUT2D eigenvalue weighted by atomic mass is 10.1. The molecule has 208 valence electrons. The van der Waals surface area contributed by atoms with Gasteiger partial charge in [0.15, 0.2) is 35.5 Å². The fraction of sp³-hybridized carbons (Fsp3) is 0.370. The zero-order valence-electron chi connectivity index (χ0n) is 22.3.